The van der Waals surface area contributed by atoms with E-state index in [0.717, 1.165) is 17.6 Å². The van der Waals surface area contributed by atoms with E-state index in [9.17, 15) is 0 Å². The minimum atomic E-state index is 0.546. The quantitative estimate of drug-likeness (QED) is 0.793. The molecular weight excluding hydrogens is 330 g/mol. The van der Waals surface area contributed by atoms with E-state index < -0.39 is 0 Å². The fourth-order valence-corrected chi connectivity index (χ4v) is 5.29. The van der Waals surface area contributed by atoms with Gasteiger partial charge in [0.05, 0.1) is 0 Å². The molecule has 1 aromatic carbocycles. The number of fused-ring (bicyclic) bond motifs is 3. The summed E-state index contributed by atoms with van der Waals surface area (Å²) in [5.74, 6) is 0.546. The molecule has 0 spiro atoms. The van der Waals surface area contributed by atoms with E-state index in [1.807, 2.05) is 0 Å². The number of benzene rings is 1. The monoisotopic (exact) mass is 347 g/mol. The molecule has 3 heteroatoms. The highest BCUT2D eigenvalue weighted by Crippen LogP contribution is 2.42. The molecule has 20 heavy (non-hydrogen) atoms. The molecule has 0 amide bonds. The maximum Gasteiger partial charge on any atom is 0.0303 e. The lowest BCUT2D eigenvalue weighted by Gasteiger charge is -2.26. The number of aryl methyl sites for hydroxylation is 1. The standard InChI is InChI=1S/C17H18BrNS/c18-12-7-5-11(6-8-12)14-9-19-10-16-17(14)13-3-1-2-4-15(13)20-16/h5-8,14,19H,1-4,9-10H2. The molecule has 0 radical (unpaired) electrons. The van der Waals surface area contributed by atoms with Crippen molar-refractivity contribution in [2.24, 2.45) is 0 Å². The van der Waals surface area contributed by atoms with Crippen LogP contribution in [0.1, 0.15) is 45.2 Å². The molecule has 1 atom stereocenters. The fourth-order valence-electron chi connectivity index (χ4n) is 3.59. The van der Waals surface area contributed by atoms with Crippen molar-refractivity contribution < 1.29 is 0 Å². The lowest BCUT2D eigenvalue weighted by Crippen LogP contribution is -2.28. The number of rotatable bonds is 1. The molecule has 1 unspecified atom stereocenters. The highest BCUT2D eigenvalue weighted by molar-refractivity contribution is 9.10. The van der Waals surface area contributed by atoms with Gasteiger partial charge in [-0.2, -0.15) is 0 Å². The number of hydrogen-bond acceptors (Lipinski definition) is 2. The maximum atomic E-state index is 3.61. The van der Waals surface area contributed by atoms with Gasteiger partial charge in [0.1, 0.15) is 0 Å². The summed E-state index contributed by atoms with van der Waals surface area (Å²) < 4.78 is 1.16. The van der Waals surface area contributed by atoms with E-state index in [1.54, 1.807) is 20.9 Å². The van der Waals surface area contributed by atoms with Gasteiger partial charge >= 0.3 is 0 Å². The van der Waals surface area contributed by atoms with E-state index >= 15 is 0 Å². The first-order valence-electron chi connectivity index (χ1n) is 7.42. The lowest BCUT2D eigenvalue weighted by atomic mass is 9.83. The van der Waals surface area contributed by atoms with Crippen LogP contribution in [0, 0.1) is 0 Å². The molecule has 0 fully saturated rings. The van der Waals surface area contributed by atoms with E-state index in [2.05, 4.69) is 56.8 Å². The Morgan fingerprint density at radius 3 is 2.70 bits per heavy atom. The van der Waals surface area contributed by atoms with E-state index in [1.165, 1.54) is 31.2 Å². The lowest BCUT2D eigenvalue weighted by molar-refractivity contribution is 0.589. The van der Waals surface area contributed by atoms with Gasteiger partial charge in [-0.3, -0.25) is 0 Å². The van der Waals surface area contributed by atoms with E-state index in [-0.39, 0.29) is 0 Å². The van der Waals surface area contributed by atoms with Crippen LogP contribution in [0.3, 0.4) is 0 Å². The molecule has 2 aromatic rings. The number of hydrogen-bond donors (Lipinski definition) is 1. The second-order valence-electron chi connectivity index (χ2n) is 5.78. The second kappa shape index (κ2) is 5.28. The second-order valence-corrected chi connectivity index (χ2v) is 7.89. The van der Waals surface area contributed by atoms with Crippen LogP contribution in [0.2, 0.25) is 0 Å². The minimum absolute atomic E-state index is 0.546. The van der Waals surface area contributed by atoms with Crippen molar-refractivity contribution in [3.05, 3.63) is 55.2 Å². The topological polar surface area (TPSA) is 12.0 Å². The Morgan fingerprint density at radius 2 is 1.85 bits per heavy atom. The van der Waals surface area contributed by atoms with Crippen LogP contribution in [-0.4, -0.2) is 6.54 Å². The average molecular weight is 348 g/mol. The summed E-state index contributed by atoms with van der Waals surface area (Å²) in [7, 11) is 0. The molecule has 1 aliphatic carbocycles. The number of thiophene rings is 1. The van der Waals surface area contributed by atoms with Crippen LogP contribution in [0.5, 0.6) is 0 Å². The highest BCUT2D eigenvalue weighted by atomic mass is 79.9. The van der Waals surface area contributed by atoms with E-state index in [0.29, 0.717) is 5.92 Å². The summed E-state index contributed by atoms with van der Waals surface area (Å²) in [5, 5.41) is 3.61. The molecule has 0 bridgehead atoms. The van der Waals surface area contributed by atoms with Gasteiger partial charge in [0.15, 0.2) is 0 Å². The van der Waals surface area contributed by atoms with Gasteiger partial charge in [-0.15, -0.1) is 11.3 Å². The van der Waals surface area contributed by atoms with Crippen LogP contribution >= 0.6 is 27.3 Å². The van der Waals surface area contributed by atoms with Gasteiger partial charge < -0.3 is 5.32 Å². The fraction of sp³-hybridized carbons (Fsp3) is 0.412. The predicted molar refractivity (Wildman–Crippen MR) is 88.7 cm³/mol. The summed E-state index contributed by atoms with van der Waals surface area (Å²) >= 11 is 5.61. The molecule has 1 N–H and O–H groups in total. The summed E-state index contributed by atoms with van der Waals surface area (Å²) in [6.07, 6.45) is 5.35. The molecule has 1 aliphatic heterocycles. The summed E-state index contributed by atoms with van der Waals surface area (Å²) in [6.45, 7) is 2.15. The van der Waals surface area contributed by atoms with Crippen molar-refractivity contribution in [1.29, 1.82) is 0 Å². The molecule has 2 aliphatic rings. The third-order valence-corrected chi connectivity index (χ3v) is 6.38. The van der Waals surface area contributed by atoms with Gasteiger partial charge in [-0.1, -0.05) is 28.1 Å². The van der Waals surface area contributed by atoms with Crippen LogP contribution in [-0.2, 0) is 19.4 Å². The summed E-state index contributed by atoms with van der Waals surface area (Å²) in [5.41, 5.74) is 4.82. The van der Waals surface area contributed by atoms with Gasteiger partial charge in [0.25, 0.3) is 0 Å². The first-order chi connectivity index (χ1) is 9.83. The van der Waals surface area contributed by atoms with Gasteiger partial charge in [-0.25, -0.2) is 0 Å². The zero-order valence-electron chi connectivity index (χ0n) is 11.4. The third kappa shape index (κ3) is 2.16. The first-order valence-corrected chi connectivity index (χ1v) is 9.03. The molecule has 0 saturated carbocycles. The Morgan fingerprint density at radius 1 is 1.05 bits per heavy atom. The minimum Gasteiger partial charge on any atom is -0.311 e. The van der Waals surface area contributed by atoms with Crippen LogP contribution in [0.25, 0.3) is 0 Å². The van der Waals surface area contributed by atoms with Crippen molar-refractivity contribution >= 4 is 27.3 Å². The Balaban J connectivity index is 1.81. The number of nitrogens with one attached hydrogen (secondary N) is 1. The van der Waals surface area contributed by atoms with Crippen LogP contribution in [0.15, 0.2) is 28.7 Å². The largest absolute Gasteiger partial charge is 0.311 e. The van der Waals surface area contributed by atoms with Crippen LogP contribution in [0.4, 0.5) is 0 Å². The Hall–Kier alpha value is -0.640. The normalized spacial score (nSPS) is 21.4. The molecule has 104 valence electrons. The first kappa shape index (κ1) is 13.1. The Kier molecular flexibility index (Phi) is 3.45. The van der Waals surface area contributed by atoms with Gasteiger partial charge in [-0.05, 0) is 54.5 Å². The highest BCUT2D eigenvalue weighted by Gasteiger charge is 2.29. The molecular formula is C17H18BrNS. The molecule has 2 heterocycles. The van der Waals surface area contributed by atoms with Crippen LogP contribution < -0.4 is 5.32 Å². The predicted octanol–water partition coefficient (Wildman–Crippen LogP) is 4.62. The summed E-state index contributed by atoms with van der Waals surface area (Å²) in [4.78, 5) is 3.27. The zero-order chi connectivity index (χ0) is 13.5. The van der Waals surface area contributed by atoms with Crippen molar-refractivity contribution in [3.8, 4) is 0 Å². The van der Waals surface area contributed by atoms with Crippen molar-refractivity contribution in [1.82, 2.24) is 5.32 Å². The molecule has 1 nitrogen and oxygen atoms in total. The van der Waals surface area contributed by atoms with Gasteiger partial charge in [0, 0.05) is 33.2 Å². The average Bonchev–Trinajstić information content (AvgIpc) is 2.86. The Bertz CT molecular complexity index is 629. The smallest absolute Gasteiger partial charge is 0.0303 e. The SMILES string of the molecule is Brc1ccc(C2CNCc3sc4c(c32)CCCC4)cc1. The number of halogens is 1. The maximum absolute atomic E-state index is 3.61. The van der Waals surface area contributed by atoms with E-state index in [4.69, 9.17) is 0 Å². The molecule has 1 aromatic heterocycles. The Labute approximate surface area is 132 Å². The molecule has 4 rings (SSSR count). The van der Waals surface area contributed by atoms with Crippen molar-refractivity contribution in [2.45, 2.75) is 38.1 Å². The van der Waals surface area contributed by atoms with Crippen molar-refractivity contribution in [3.63, 3.8) is 0 Å². The van der Waals surface area contributed by atoms with Crippen molar-refractivity contribution in [2.75, 3.05) is 6.54 Å². The van der Waals surface area contributed by atoms with Gasteiger partial charge in [0.2, 0.25) is 0 Å². The summed E-state index contributed by atoms with van der Waals surface area (Å²) in [6, 6.07) is 8.89. The molecule has 0 saturated heterocycles. The third-order valence-electron chi connectivity index (χ3n) is 4.54. The zero-order valence-corrected chi connectivity index (χ0v) is 13.8.